The van der Waals surface area contributed by atoms with E-state index in [2.05, 4.69) is 15.9 Å². The lowest BCUT2D eigenvalue weighted by molar-refractivity contribution is 0.111. The van der Waals surface area contributed by atoms with Crippen molar-refractivity contribution in [2.24, 2.45) is 0 Å². The van der Waals surface area contributed by atoms with Crippen LogP contribution >= 0.6 is 15.9 Å². The molecular weight excluding hydrogens is 234 g/mol. The smallest absolute Gasteiger partial charge is 0.188 e. The average Bonchev–Trinajstić information content (AvgIpc) is 2.01. The summed E-state index contributed by atoms with van der Waals surface area (Å²) in [7, 11) is 0. The summed E-state index contributed by atoms with van der Waals surface area (Å²) in [6.07, 6.45) is 0.193. The number of aldehydes is 1. The van der Waals surface area contributed by atoms with Crippen molar-refractivity contribution >= 4 is 22.2 Å². The van der Waals surface area contributed by atoms with E-state index in [0.717, 1.165) is 6.07 Å². The minimum Gasteiger partial charge on any atom is -0.503 e. The molecule has 0 fully saturated rings. The number of halogens is 3. The van der Waals surface area contributed by atoms with Crippen LogP contribution in [0.2, 0.25) is 0 Å². The molecular formula is C7H3BrF2O2. The summed E-state index contributed by atoms with van der Waals surface area (Å²) in [6, 6.07) is 0.822. The number of carbonyl (C=O) groups is 1. The van der Waals surface area contributed by atoms with Crippen molar-refractivity contribution in [2.45, 2.75) is 0 Å². The van der Waals surface area contributed by atoms with Gasteiger partial charge in [0.15, 0.2) is 23.7 Å². The van der Waals surface area contributed by atoms with Crippen molar-refractivity contribution in [3.63, 3.8) is 0 Å². The van der Waals surface area contributed by atoms with Crippen LogP contribution in [0.5, 0.6) is 5.75 Å². The molecule has 1 rings (SSSR count). The van der Waals surface area contributed by atoms with Gasteiger partial charge in [-0.15, -0.1) is 0 Å². The van der Waals surface area contributed by atoms with Crippen LogP contribution in [0.1, 0.15) is 10.4 Å². The van der Waals surface area contributed by atoms with E-state index in [4.69, 9.17) is 5.11 Å². The highest BCUT2D eigenvalue weighted by atomic mass is 79.9. The number of benzene rings is 1. The molecule has 0 spiro atoms. The second kappa shape index (κ2) is 3.18. The molecule has 0 heterocycles. The molecule has 5 heteroatoms. The van der Waals surface area contributed by atoms with E-state index in [9.17, 15) is 13.6 Å². The molecule has 0 aliphatic carbocycles. The third-order valence-corrected chi connectivity index (χ3v) is 1.96. The molecule has 0 amide bonds. The van der Waals surface area contributed by atoms with Gasteiger partial charge in [0.1, 0.15) is 0 Å². The van der Waals surface area contributed by atoms with E-state index < -0.39 is 22.9 Å². The van der Waals surface area contributed by atoms with Crippen molar-refractivity contribution < 1.29 is 18.7 Å². The number of hydrogen-bond donors (Lipinski definition) is 1. The third kappa shape index (κ3) is 1.32. The molecule has 0 bridgehead atoms. The maximum Gasteiger partial charge on any atom is 0.188 e. The highest BCUT2D eigenvalue weighted by molar-refractivity contribution is 9.10. The number of carbonyl (C=O) groups excluding carboxylic acids is 1. The Labute approximate surface area is 75.0 Å². The molecule has 0 saturated heterocycles. The van der Waals surface area contributed by atoms with Crippen LogP contribution in [0, 0.1) is 11.6 Å². The minimum absolute atomic E-state index is 0.0229. The molecule has 1 aromatic rings. The second-order valence-corrected chi connectivity index (χ2v) is 2.89. The van der Waals surface area contributed by atoms with Gasteiger partial charge in [-0.3, -0.25) is 4.79 Å². The van der Waals surface area contributed by atoms with Crippen LogP contribution in [-0.2, 0) is 0 Å². The molecule has 0 atom stereocenters. The molecule has 0 radical (unpaired) electrons. The highest BCUT2D eigenvalue weighted by Crippen LogP contribution is 2.28. The topological polar surface area (TPSA) is 37.3 Å². The van der Waals surface area contributed by atoms with Gasteiger partial charge in [0.25, 0.3) is 0 Å². The Morgan fingerprint density at radius 2 is 2.08 bits per heavy atom. The summed E-state index contributed by atoms with van der Waals surface area (Å²) in [5, 5.41) is 8.71. The summed E-state index contributed by atoms with van der Waals surface area (Å²) in [4.78, 5) is 10.2. The van der Waals surface area contributed by atoms with Crippen LogP contribution in [0.25, 0.3) is 0 Å². The molecule has 0 aliphatic heterocycles. The number of aromatic hydroxyl groups is 1. The number of phenols is 1. The van der Waals surface area contributed by atoms with Crippen LogP contribution in [0.4, 0.5) is 8.78 Å². The number of rotatable bonds is 1. The zero-order valence-corrected chi connectivity index (χ0v) is 7.23. The van der Waals surface area contributed by atoms with Crippen molar-refractivity contribution in [3.05, 3.63) is 27.7 Å². The normalized spacial score (nSPS) is 9.92. The highest BCUT2D eigenvalue weighted by Gasteiger charge is 2.15. The maximum atomic E-state index is 12.8. The second-order valence-electron chi connectivity index (χ2n) is 2.03. The Bertz CT molecular complexity index is 339. The van der Waals surface area contributed by atoms with Crippen molar-refractivity contribution in [1.82, 2.24) is 0 Å². The maximum absolute atomic E-state index is 12.8. The number of hydrogen-bond acceptors (Lipinski definition) is 2. The zero-order chi connectivity index (χ0) is 9.30. The van der Waals surface area contributed by atoms with E-state index in [1.807, 2.05) is 0 Å². The Hall–Kier alpha value is -0.970. The number of phenolic OH excluding ortho intramolecular Hbond substituents is 1. The summed E-state index contributed by atoms with van der Waals surface area (Å²) >= 11 is 2.77. The standard InChI is InChI=1S/C7H3BrF2O2/c8-4-1-5(9)7(12)6(10)3(4)2-11/h1-2,12H. The SMILES string of the molecule is O=Cc1c(Br)cc(F)c(O)c1F. The lowest BCUT2D eigenvalue weighted by Crippen LogP contribution is -1.92. The van der Waals surface area contributed by atoms with Gasteiger partial charge in [-0.25, -0.2) is 8.78 Å². The largest absolute Gasteiger partial charge is 0.503 e. The van der Waals surface area contributed by atoms with E-state index in [-0.39, 0.29) is 10.8 Å². The Balaban J connectivity index is 3.51. The summed E-state index contributed by atoms with van der Waals surface area (Å²) < 4.78 is 25.3. The first-order valence-corrected chi connectivity index (χ1v) is 3.69. The van der Waals surface area contributed by atoms with Gasteiger partial charge in [-0.1, -0.05) is 0 Å². The monoisotopic (exact) mass is 236 g/mol. The molecule has 0 unspecified atom stereocenters. The van der Waals surface area contributed by atoms with Gasteiger partial charge in [-0.05, 0) is 22.0 Å². The molecule has 0 saturated carbocycles. The molecule has 1 N–H and O–H groups in total. The van der Waals surface area contributed by atoms with Crippen molar-refractivity contribution in [1.29, 1.82) is 0 Å². The van der Waals surface area contributed by atoms with Gasteiger partial charge < -0.3 is 5.11 Å². The summed E-state index contributed by atoms with van der Waals surface area (Å²) in [6.45, 7) is 0. The Kier molecular flexibility index (Phi) is 2.42. The summed E-state index contributed by atoms with van der Waals surface area (Å²) in [5.74, 6) is -3.50. The predicted octanol–water partition coefficient (Wildman–Crippen LogP) is 2.25. The molecule has 0 aromatic heterocycles. The van der Waals surface area contributed by atoms with Crippen molar-refractivity contribution in [3.8, 4) is 5.75 Å². The molecule has 12 heavy (non-hydrogen) atoms. The lowest BCUT2D eigenvalue weighted by Gasteiger charge is -2.01. The van der Waals surface area contributed by atoms with E-state index in [1.165, 1.54) is 0 Å². The molecule has 64 valence electrons. The fourth-order valence-corrected chi connectivity index (χ4v) is 1.17. The molecule has 2 nitrogen and oxygen atoms in total. The van der Waals surface area contributed by atoms with Gasteiger partial charge in [0.2, 0.25) is 0 Å². The van der Waals surface area contributed by atoms with Crippen LogP contribution in [-0.4, -0.2) is 11.4 Å². The average molecular weight is 237 g/mol. The fraction of sp³-hybridized carbons (Fsp3) is 0. The quantitative estimate of drug-likeness (QED) is 0.760. The van der Waals surface area contributed by atoms with Crippen LogP contribution in [0.15, 0.2) is 10.5 Å². The lowest BCUT2D eigenvalue weighted by atomic mass is 10.2. The first-order chi connectivity index (χ1) is 5.57. The minimum atomic E-state index is -1.25. The van der Waals surface area contributed by atoms with Crippen LogP contribution in [0.3, 0.4) is 0 Å². The fourth-order valence-electron chi connectivity index (χ4n) is 0.703. The van der Waals surface area contributed by atoms with Gasteiger partial charge in [0.05, 0.1) is 5.56 Å². The molecule has 1 aromatic carbocycles. The van der Waals surface area contributed by atoms with Gasteiger partial charge >= 0.3 is 0 Å². The molecule has 0 aliphatic rings. The third-order valence-electron chi connectivity index (χ3n) is 1.30. The first-order valence-electron chi connectivity index (χ1n) is 2.89. The van der Waals surface area contributed by atoms with Crippen LogP contribution < -0.4 is 0 Å². The van der Waals surface area contributed by atoms with E-state index in [1.54, 1.807) is 0 Å². The first kappa shape index (κ1) is 9.12. The predicted molar refractivity (Wildman–Crippen MR) is 41.1 cm³/mol. The zero-order valence-electron chi connectivity index (χ0n) is 5.64. The summed E-state index contributed by atoms with van der Waals surface area (Å²) in [5.41, 5.74) is -0.395. The van der Waals surface area contributed by atoms with Crippen molar-refractivity contribution in [2.75, 3.05) is 0 Å². The Morgan fingerprint density at radius 3 is 2.58 bits per heavy atom. The van der Waals surface area contributed by atoms with Gasteiger partial charge in [-0.2, -0.15) is 0 Å². The Morgan fingerprint density at radius 1 is 1.50 bits per heavy atom. The van der Waals surface area contributed by atoms with E-state index in [0.29, 0.717) is 0 Å². The van der Waals surface area contributed by atoms with Gasteiger partial charge in [0, 0.05) is 4.47 Å². The van der Waals surface area contributed by atoms with E-state index >= 15 is 0 Å².